The topological polar surface area (TPSA) is 47.3 Å². The molecule has 1 N–H and O–H groups in total. The fourth-order valence-electron chi connectivity index (χ4n) is 3.18. The van der Waals surface area contributed by atoms with Crippen LogP contribution in [0, 0.1) is 0 Å². The van der Waals surface area contributed by atoms with Crippen LogP contribution < -0.4 is 4.74 Å². The summed E-state index contributed by atoms with van der Waals surface area (Å²) in [4.78, 5) is 4.64. The summed E-state index contributed by atoms with van der Waals surface area (Å²) in [6.45, 7) is 6.12. The minimum Gasteiger partial charge on any atom is -0.494 e. The Balaban J connectivity index is 1.52. The third-order valence-corrected chi connectivity index (χ3v) is 4.66. The fraction of sp³-hybridized carbons (Fsp3) is 0.409. The lowest BCUT2D eigenvalue weighted by Gasteiger charge is -2.10. The van der Waals surface area contributed by atoms with E-state index in [1.807, 2.05) is 18.2 Å². The van der Waals surface area contributed by atoms with Gasteiger partial charge in [-0.25, -0.2) is 4.98 Å². The summed E-state index contributed by atoms with van der Waals surface area (Å²) in [5.74, 6) is 2.43. The van der Waals surface area contributed by atoms with E-state index < -0.39 is 0 Å². The monoisotopic (exact) mass is 352 g/mol. The van der Waals surface area contributed by atoms with Gasteiger partial charge in [0.2, 0.25) is 0 Å². The Kier molecular flexibility index (Phi) is 6.29. The number of hydrogen-bond donors (Lipinski definition) is 1. The number of nitrogens with zero attached hydrogens (tertiary/aromatic N) is 2. The van der Waals surface area contributed by atoms with E-state index in [4.69, 9.17) is 4.74 Å². The second-order valence-electron chi connectivity index (χ2n) is 6.92. The van der Waals surface area contributed by atoms with Gasteiger partial charge in [-0.05, 0) is 48.6 Å². The van der Waals surface area contributed by atoms with Crippen molar-refractivity contribution >= 4 is 11.0 Å². The number of hydrogen-bond acceptors (Lipinski definition) is 3. The maximum atomic E-state index is 9.29. The Morgan fingerprint density at radius 2 is 1.81 bits per heavy atom. The van der Waals surface area contributed by atoms with Gasteiger partial charge in [-0.15, -0.1) is 0 Å². The molecule has 0 unspecified atom stereocenters. The van der Waals surface area contributed by atoms with E-state index in [0.717, 1.165) is 42.0 Å². The molecule has 138 valence electrons. The number of aromatic nitrogens is 2. The summed E-state index contributed by atoms with van der Waals surface area (Å²) in [5, 5.41) is 9.29. The Labute approximate surface area is 155 Å². The summed E-state index contributed by atoms with van der Waals surface area (Å²) < 4.78 is 8.09. The van der Waals surface area contributed by atoms with Gasteiger partial charge in [0.1, 0.15) is 11.6 Å². The number of rotatable bonds is 9. The molecule has 0 bridgehead atoms. The van der Waals surface area contributed by atoms with Gasteiger partial charge in [0.15, 0.2) is 0 Å². The number of ether oxygens (including phenoxy) is 1. The molecule has 0 aliphatic rings. The van der Waals surface area contributed by atoms with Crippen molar-refractivity contribution in [1.82, 2.24) is 9.55 Å². The molecular formula is C22H28N2O2. The quantitative estimate of drug-likeness (QED) is 0.575. The van der Waals surface area contributed by atoms with Crippen molar-refractivity contribution in [3.8, 4) is 5.75 Å². The molecule has 0 atom stereocenters. The Morgan fingerprint density at radius 1 is 1.04 bits per heavy atom. The van der Waals surface area contributed by atoms with E-state index in [9.17, 15) is 5.11 Å². The first-order valence-corrected chi connectivity index (χ1v) is 9.47. The van der Waals surface area contributed by atoms with Crippen molar-refractivity contribution in [3.63, 3.8) is 0 Å². The molecule has 1 aromatic heterocycles. The highest BCUT2D eigenvalue weighted by Gasteiger charge is 2.09. The van der Waals surface area contributed by atoms with E-state index in [2.05, 4.69) is 53.7 Å². The zero-order valence-corrected chi connectivity index (χ0v) is 15.7. The average Bonchev–Trinajstić information content (AvgIpc) is 2.99. The third kappa shape index (κ3) is 4.44. The number of aliphatic hydroxyl groups is 1. The Morgan fingerprint density at radius 3 is 2.54 bits per heavy atom. The second kappa shape index (κ2) is 8.86. The Bertz CT molecular complexity index is 822. The zero-order chi connectivity index (χ0) is 18.4. The second-order valence-corrected chi connectivity index (χ2v) is 6.92. The molecule has 0 spiro atoms. The van der Waals surface area contributed by atoms with Crippen molar-refractivity contribution in [2.24, 2.45) is 0 Å². The van der Waals surface area contributed by atoms with Gasteiger partial charge >= 0.3 is 0 Å². The highest BCUT2D eigenvalue weighted by atomic mass is 16.5. The average molecular weight is 352 g/mol. The minimum absolute atomic E-state index is 0.124. The molecule has 3 aromatic rings. The van der Waals surface area contributed by atoms with E-state index in [-0.39, 0.29) is 6.61 Å². The number of unbranched alkanes of at least 4 members (excludes halogenated alkanes) is 1. The van der Waals surface area contributed by atoms with Crippen LogP contribution in [0.4, 0.5) is 0 Å². The van der Waals surface area contributed by atoms with Crippen LogP contribution >= 0.6 is 0 Å². The maximum absolute atomic E-state index is 9.29. The summed E-state index contributed by atoms with van der Waals surface area (Å²) in [7, 11) is 0. The van der Waals surface area contributed by atoms with Crippen molar-refractivity contribution in [2.45, 2.75) is 45.6 Å². The lowest BCUT2D eigenvalue weighted by molar-refractivity contribution is 0.292. The molecule has 0 amide bonds. The highest BCUT2D eigenvalue weighted by molar-refractivity contribution is 5.75. The van der Waals surface area contributed by atoms with Crippen LogP contribution in [0.3, 0.4) is 0 Å². The van der Waals surface area contributed by atoms with Gasteiger partial charge in [-0.3, -0.25) is 0 Å². The predicted molar refractivity (Wildman–Crippen MR) is 106 cm³/mol. The van der Waals surface area contributed by atoms with Crippen LogP contribution in [0.25, 0.3) is 11.0 Å². The fourth-order valence-corrected chi connectivity index (χ4v) is 3.18. The smallest absolute Gasteiger partial charge is 0.119 e. The number of fused-ring (bicyclic) bond motifs is 1. The summed E-state index contributed by atoms with van der Waals surface area (Å²) >= 11 is 0. The molecule has 2 aromatic carbocycles. The molecule has 4 heteroatoms. The number of aryl methyl sites for hydroxylation is 1. The van der Waals surface area contributed by atoms with Crippen LogP contribution in [-0.2, 0) is 13.0 Å². The van der Waals surface area contributed by atoms with Gasteiger partial charge in [0.05, 0.1) is 24.2 Å². The van der Waals surface area contributed by atoms with Gasteiger partial charge in [-0.2, -0.15) is 0 Å². The number of para-hydroxylation sites is 2. The van der Waals surface area contributed by atoms with Crippen LogP contribution in [0.15, 0.2) is 48.5 Å². The molecule has 0 aliphatic carbocycles. The van der Waals surface area contributed by atoms with E-state index >= 15 is 0 Å². The molecule has 3 rings (SSSR count). The number of aliphatic hydroxyl groups excluding tert-OH is 1. The molecule has 0 radical (unpaired) electrons. The SMILES string of the molecule is CC(C)c1ccc(OCCCCn2c(CCO)nc3ccccc32)cc1. The predicted octanol–water partition coefficient (Wildman–Crippen LogP) is 4.55. The maximum Gasteiger partial charge on any atom is 0.119 e. The first-order valence-electron chi connectivity index (χ1n) is 9.47. The van der Waals surface area contributed by atoms with Crippen LogP contribution in [0.1, 0.15) is 44.0 Å². The van der Waals surface area contributed by atoms with Crippen LogP contribution in [0.5, 0.6) is 5.75 Å². The van der Waals surface area contributed by atoms with Crippen molar-refractivity contribution in [1.29, 1.82) is 0 Å². The van der Waals surface area contributed by atoms with E-state index in [1.54, 1.807) is 0 Å². The lowest BCUT2D eigenvalue weighted by atomic mass is 10.0. The first-order chi connectivity index (χ1) is 12.7. The summed E-state index contributed by atoms with van der Waals surface area (Å²) in [6, 6.07) is 16.5. The van der Waals surface area contributed by atoms with Gasteiger partial charge < -0.3 is 14.4 Å². The zero-order valence-electron chi connectivity index (χ0n) is 15.7. The summed E-state index contributed by atoms with van der Waals surface area (Å²) in [6.07, 6.45) is 2.59. The van der Waals surface area contributed by atoms with Gasteiger partial charge in [0.25, 0.3) is 0 Å². The lowest BCUT2D eigenvalue weighted by Crippen LogP contribution is -2.07. The van der Waals surface area contributed by atoms with Crippen LogP contribution in [0.2, 0.25) is 0 Å². The van der Waals surface area contributed by atoms with Gasteiger partial charge in [-0.1, -0.05) is 38.1 Å². The summed E-state index contributed by atoms with van der Waals surface area (Å²) in [5.41, 5.74) is 3.47. The molecule has 4 nitrogen and oxygen atoms in total. The van der Waals surface area contributed by atoms with Crippen molar-refractivity contribution in [3.05, 3.63) is 59.9 Å². The molecule has 26 heavy (non-hydrogen) atoms. The molecule has 1 heterocycles. The minimum atomic E-state index is 0.124. The third-order valence-electron chi connectivity index (χ3n) is 4.66. The molecule has 0 fully saturated rings. The highest BCUT2D eigenvalue weighted by Crippen LogP contribution is 2.20. The van der Waals surface area contributed by atoms with Crippen molar-refractivity contribution in [2.75, 3.05) is 13.2 Å². The number of imidazole rings is 1. The molecule has 0 aliphatic heterocycles. The number of benzene rings is 2. The molecule has 0 saturated heterocycles. The molecule has 0 saturated carbocycles. The van der Waals surface area contributed by atoms with Crippen molar-refractivity contribution < 1.29 is 9.84 Å². The van der Waals surface area contributed by atoms with E-state index in [1.165, 1.54) is 5.56 Å². The van der Waals surface area contributed by atoms with E-state index in [0.29, 0.717) is 18.9 Å². The van der Waals surface area contributed by atoms with Gasteiger partial charge in [0, 0.05) is 13.0 Å². The Hall–Kier alpha value is -2.33. The largest absolute Gasteiger partial charge is 0.494 e. The first kappa shape index (κ1) is 18.5. The normalized spacial score (nSPS) is 11.4. The molecular weight excluding hydrogens is 324 g/mol. The van der Waals surface area contributed by atoms with Crippen LogP contribution in [-0.4, -0.2) is 27.9 Å². The standard InChI is InChI=1S/C22H28N2O2/c1-17(2)18-9-11-19(12-10-18)26-16-6-5-14-24-21-8-4-3-7-20(21)23-22(24)13-15-25/h3-4,7-12,17,25H,5-6,13-16H2,1-2H3.